The first-order valence-corrected chi connectivity index (χ1v) is 6.18. The number of imide groups is 1. The van der Waals surface area contributed by atoms with Gasteiger partial charge in [0.05, 0.1) is 11.8 Å². The van der Waals surface area contributed by atoms with Gasteiger partial charge in [0.1, 0.15) is 6.10 Å². The molecule has 18 heavy (non-hydrogen) atoms. The molecule has 1 aliphatic carbocycles. The van der Waals surface area contributed by atoms with Crippen LogP contribution < -0.4 is 0 Å². The molecule has 1 unspecified atom stereocenters. The minimum atomic E-state index is -0.554. The van der Waals surface area contributed by atoms with Gasteiger partial charge < -0.3 is 4.74 Å². The molecule has 5 nitrogen and oxygen atoms in total. The SMILES string of the molecule is CCN1C(=O)[C@H]2C=C[C@H](C)C(OC(C)=O)[C@H]2C1=O. The van der Waals surface area contributed by atoms with Crippen molar-refractivity contribution in [3.8, 4) is 0 Å². The zero-order chi connectivity index (χ0) is 13.4. The molecule has 2 aliphatic rings. The molecule has 1 heterocycles. The van der Waals surface area contributed by atoms with E-state index in [4.69, 9.17) is 4.74 Å². The van der Waals surface area contributed by atoms with Crippen molar-refractivity contribution in [1.82, 2.24) is 4.90 Å². The molecule has 1 saturated heterocycles. The van der Waals surface area contributed by atoms with Gasteiger partial charge in [0.25, 0.3) is 0 Å². The maximum absolute atomic E-state index is 12.2. The molecule has 0 aromatic carbocycles. The first kappa shape index (κ1) is 12.8. The lowest BCUT2D eigenvalue weighted by molar-refractivity contribution is -0.155. The van der Waals surface area contributed by atoms with E-state index in [9.17, 15) is 14.4 Å². The van der Waals surface area contributed by atoms with Crippen molar-refractivity contribution >= 4 is 17.8 Å². The van der Waals surface area contributed by atoms with Crippen molar-refractivity contribution in [2.45, 2.75) is 26.9 Å². The quantitative estimate of drug-likeness (QED) is 0.412. The average Bonchev–Trinajstić information content (AvgIpc) is 2.54. The second-order valence-corrected chi connectivity index (χ2v) is 4.79. The number of rotatable bonds is 2. The molecule has 1 fully saturated rings. The number of carbonyl (C=O) groups excluding carboxylic acids is 3. The van der Waals surface area contributed by atoms with Crippen molar-refractivity contribution in [3.63, 3.8) is 0 Å². The van der Waals surface area contributed by atoms with Gasteiger partial charge in [-0.1, -0.05) is 19.1 Å². The fourth-order valence-electron chi connectivity index (χ4n) is 2.74. The molecule has 0 aromatic rings. The molecule has 2 rings (SSSR count). The Morgan fingerprint density at radius 2 is 2.00 bits per heavy atom. The zero-order valence-corrected chi connectivity index (χ0v) is 10.8. The van der Waals surface area contributed by atoms with Crippen LogP contribution in [-0.2, 0) is 19.1 Å². The molecule has 0 aromatic heterocycles. The van der Waals surface area contributed by atoms with Crippen LogP contribution in [0.2, 0.25) is 0 Å². The van der Waals surface area contributed by atoms with Crippen LogP contribution in [0.25, 0.3) is 0 Å². The van der Waals surface area contributed by atoms with E-state index in [0.717, 1.165) is 0 Å². The fraction of sp³-hybridized carbons (Fsp3) is 0.615. The Kier molecular flexibility index (Phi) is 3.24. The number of hydrogen-bond donors (Lipinski definition) is 0. The van der Waals surface area contributed by atoms with Gasteiger partial charge in [-0.25, -0.2) is 0 Å². The Hall–Kier alpha value is -1.65. The number of fused-ring (bicyclic) bond motifs is 1. The van der Waals surface area contributed by atoms with Crippen LogP contribution in [0.15, 0.2) is 12.2 Å². The number of nitrogens with zero attached hydrogens (tertiary/aromatic N) is 1. The summed E-state index contributed by atoms with van der Waals surface area (Å²) >= 11 is 0. The van der Waals surface area contributed by atoms with Gasteiger partial charge in [0.2, 0.25) is 11.8 Å². The summed E-state index contributed by atoms with van der Waals surface area (Å²) < 4.78 is 5.24. The minimum absolute atomic E-state index is 0.0521. The van der Waals surface area contributed by atoms with Crippen LogP contribution in [0.1, 0.15) is 20.8 Å². The van der Waals surface area contributed by atoms with E-state index in [2.05, 4.69) is 0 Å². The third-order valence-corrected chi connectivity index (χ3v) is 3.60. The highest BCUT2D eigenvalue weighted by Crippen LogP contribution is 2.38. The van der Waals surface area contributed by atoms with Crippen LogP contribution in [0.5, 0.6) is 0 Å². The molecule has 0 radical (unpaired) electrons. The lowest BCUT2D eigenvalue weighted by atomic mass is 9.78. The van der Waals surface area contributed by atoms with E-state index in [1.807, 2.05) is 13.0 Å². The first-order valence-electron chi connectivity index (χ1n) is 6.18. The smallest absolute Gasteiger partial charge is 0.302 e. The second kappa shape index (κ2) is 4.55. The maximum atomic E-state index is 12.2. The molecule has 98 valence electrons. The number of esters is 1. The molecule has 0 bridgehead atoms. The van der Waals surface area contributed by atoms with Crippen LogP contribution in [0.4, 0.5) is 0 Å². The summed E-state index contributed by atoms with van der Waals surface area (Å²) in [7, 11) is 0. The Balaban J connectivity index is 2.34. The van der Waals surface area contributed by atoms with Crippen molar-refractivity contribution in [2.24, 2.45) is 17.8 Å². The van der Waals surface area contributed by atoms with Crippen LogP contribution >= 0.6 is 0 Å². The van der Waals surface area contributed by atoms with Gasteiger partial charge in [-0.3, -0.25) is 19.3 Å². The summed E-state index contributed by atoms with van der Waals surface area (Å²) in [6.45, 7) is 5.33. The summed E-state index contributed by atoms with van der Waals surface area (Å²) in [4.78, 5) is 36.6. The Labute approximate surface area is 106 Å². The highest BCUT2D eigenvalue weighted by Gasteiger charge is 2.53. The third-order valence-electron chi connectivity index (χ3n) is 3.60. The van der Waals surface area contributed by atoms with Crippen molar-refractivity contribution in [1.29, 1.82) is 0 Å². The first-order chi connectivity index (χ1) is 8.47. The number of carbonyl (C=O) groups is 3. The monoisotopic (exact) mass is 251 g/mol. The molecule has 2 amide bonds. The molecule has 0 saturated carbocycles. The van der Waals surface area contributed by atoms with E-state index in [0.29, 0.717) is 6.54 Å². The van der Waals surface area contributed by atoms with Gasteiger partial charge in [0, 0.05) is 19.4 Å². The van der Waals surface area contributed by atoms with E-state index < -0.39 is 23.9 Å². The van der Waals surface area contributed by atoms with Gasteiger partial charge in [-0.15, -0.1) is 0 Å². The van der Waals surface area contributed by atoms with Crippen LogP contribution in [0, 0.1) is 17.8 Å². The van der Waals surface area contributed by atoms with Crippen LogP contribution in [0.3, 0.4) is 0 Å². The van der Waals surface area contributed by atoms with E-state index in [1.54, 1.807) is 13.0 Å². The summed E-state index contributed by atoms with van der Waals surface area (Å²) in [6.07, 6.45) is 3.08. The van der Waals surface area contributed by atoms with E-state index in [-0.39, 0.29) is 17.7 Å². The Bertz CT molecular complexity index is 429. The normalized spacial score (nSPS) is 34.7. The maximum Gasteiger partial charge on any atom is 0.302 e. The van der Waals surface area contributed by atoms with Crippen molar-refractivity contribution in [3.05, 3.63) is 12.2 Å². The molecule has 1 aliphatic heterocycles. The number of ether oxygens (including phenoxy) is 1. The second-order valence-electron chi connectivity index (χ2n) is 4.79. The fourth-order valence-corrected chi connectivity index (χ4v) is 2.74. The van der Waals surface area contributed by atoms with Gasteiger partial charge in [-0.05, 0) is 6.92 Å². The van der Waals surface area contributed by atoms with E-state index in [1.165, 1.54) is 11.8 Å². The van der Waals surface area contributed by atoms with Gasteiger partial charge in [-0.2, -0.15) is 0 Å². The van der Waals surface area contributed by atoms with Gasteiger partial charge >= 0.3 is 5.97 Å². The lowest BCUT2D eigenvalue weighted by Gasteiger charge is -2.31. The van der Waals surface area contributed by atoms with Gasteiger partial charge in [0.15, 0.2) is 0 Å². The number of likely N-dealkylation sites (tertiary alicyclic amines) is 1. The third kappa shape index (κ3) is 1.83. The predicted octanol–water partition coefficient (Wildman–Crippen LogP) is 0.745. The Morgan fingerprint density at radius 1 is 1.33 bits per heavy atom. The summed E-state index contributed by atoms with van der Waals surface area (Å²) in [6, 6.07) is 0. The zero-order valence-electron chi connectivity index (χ0n) is 10.8. The standard InChI is InChI=1S/C13H17NO4/c1-4-14-12(16)9-6-5-7(2)11(18-8(3)15)10(9)13(14)17/h5-7,9-11H,4H2,1-3H3/t7-,9-,10-,11?/m0/s1. The Morgan fingerprint density at radius 3 is 2.56 bits per heavy atom. The predicted molar refractivity (Wildman–Crippen MR) is 63.2 cm³/mol. The topological polar surface area (TPSA) is 63.7 Å². The lowest BCUT2D eigenvalue weighted by Crippen LogP contribution is -2.41. The highest BCUT2D eigenvalue weighted by atomic mass is 16.5. The molecule has 0 spiro atoms. The number of hydrogen-bond acceptors (Lipinski definition) is 4. The molecular weight excluding hydrogens is 234 g/mol. The largest absolute Gasteiger partial charge is 0.461 e. The summed E-state index contributed by atoms with van der Waals surface area (Å²) in [5, 5.41) is 0. The van der Waals surface area contributed by atoms with Crippen molar-refractivity contribution in [2.75, 3.05) is 6.54 Å². The highest BCUT2D eigenvalue weighted by molar-refractivity contribution is 6.06. The van der Waals surface area contributed by atoms with Crippen LogP contribution in [-0.4, -0.2) is 35.3 Å². The van der Waals surface area contributed by atoms with Crippen molar-refractivity contribution < 1.29 is 19.1 Å². The number of amides is 2. The minimum Gasteiger partial charge on any atom is -0.461 e. The molecule has 4 atom stereocenters. The molecular formula is C13H17NO4. The molecule has 0 N–H and O–H groups in total. The summed E-state index contributed by atoms with van der Waals surface area (Å²) in [5.74, 6) is -1.91. The average molecular weight is 251 g/mol. The van der Waals surface area contributed by atoms with E-state index >= 15 is 0 Å². The summed E-state index contributed by atoms with van der Waals surface area (Å²) in [5.41, 5.74) is 0. The molecule has 5 heteroatoms.